The summed E-state index contributed by atoms with van der Waals surface area (Å²) in [6.45, 7) is 1.76. The van der Waals surface area contributed by atoms with Gasteiger partial charge in [0.25, 0.3) is 5.91 Å². The molecule has 0 aromatic carbocycles. The van der Waals surface area contributed by atoms with Crippen molar-refractivity contribution in [3.8, 4) is 0 Å². The van der Waals surface area contributed by atoms with Gasteiger partial charge in [0.1, 0.15) is 9.71 Å². The van der Waals surface area contributed by atoms with Crippen LogP contribution >= 0.6 is 11.3 Å². The summed E-state index contributed by atoms with van der Waals surface area (Å²) in [5.41, 5.74) is 5.82. The number of halogens is 3. The molecule has 0 saturated heterocycles. The molecule has 0 atom stereocenters. The Morgan fingerprint density at radius 2 is 2.12 bits per heavy atom. The number of anilines is 1. The number of thiophene rings is 1. The van der Waals surface area contributed by atoms with Gasteiger partial charge in [0.15, 0.2) is 0 Å². The summed E-state index contributed by atoms with van der Waals surface area (Å²) >= 11 is 0.859. The van der Waals surface area contributed by atoms with Crippen molar-refractivity contribution >= 4 is 33.1 Å². The van der Waals surface area contributed by atoms with Gasteiger partial charge in [-0.25, -0.2) is 4.98 Å². The zero-order chi connectivity index (χ0) is 18.9. The summed E-state index contributed by atoms with van der Waals surface area (Å²) in [5.74, 6) is -0.521. The van der Waals surface area contributed by atoms with Crippen molar-refractivity contribution in [2.75, 3.05) is 12.3 Å². The van der Waals surface area contributed by atoms with E-state index in [4.69, 9.17) is 5.73 Å². The molecule has 0 spiro atoms. The number of rotatable bonds is 4. The number of aromatic nitrogens is 2. The molecule has 3 heterocycles. The van der Waals surface area contributed by atoms with Gasteiger partial charge in [-0.05, 0) is 25.1 Å². The Labute approximate surface area is 151 Å². The molecule has 0 aliphatic heterocycles. The van der Waals surface area contributed by atoms with Crippen LogP contribution in [0.25, 0.3) is 10.2 Å². The number of nitrogens with zero attached hydrogens (tertiary/aromatic N) is 2. The molecule has 0 aliphatic rings. The molecule has 9 heteroatoms. The largest absolute Gasteiger partial charge is 0.417 e. The van der Waals surface area contributed by atoms with Gasteiger partial charge in [0.2, 0.25) is 0 Å². The van der Waals surface area contributed by atoms with Gasteiger partial charge in [-0.2, -0.15) is 13.2 Å². The average Bonchev–Trinajstić information content (AvgIpc) is 2.91. The van der Waals surface area contributed by atoms with Crippen LogP contribution in [0, 0.1) is 6.92 Å². The fourth-order valence-electron chi connectivity index (χ4n) is 2.57. The lowest BCUT2D eigenvalue weighted by Crippen LogP contribution is -2.25. The molecule has 3 aromatic rings. The zero-order valence-electron chi connectivity index (χ0n) is 13.7. The van der Waals surface area contributed by atoms with Crippen LogP contribution < -0.4 is 11.1 Å². The lowest BCUT2D eigenvalue weighted by molar-refractivity contribution is -0.136. The van der Waals surface area contributed by atoms with Gasteiger partial charge in [0.05, 0.1) is 11.3 Å². The van der Waals surface area contributed by atoms with E-state index in [0.717, 1.165) is 23.1 Å². The maximum absolute atomic E-state index is 13.3. The minimum Gasteiger partial charge on any atom is -0.397 e. The van der Waals surface area contributed by atoms with Crippen LogP contribution in [0.1, 0.15) is 26.6 Å². The first-order valence-corrected chi connectivity index (χ1v) is 8.54. The van der Waals surface area contributed by atoms with Gasteiger partial charge in [-0.1, -0.05) is 6.07 Å². The van der Waals surface area contributed by atoms with Crippen molar-refractivity contribution in [2.45, 2.75) is 19.5 Å². The van der Waals surface area contributed by atoms with Crippen molar-refractivity contribution in [3.63, 3.8) is 0 Å². The van der Waals surface area contributed by atoms with E-state index in [9.17, 15) is 18.0 Å². The number of aryl methyl sites for hydroxylation is 1. The van der Waals surface area contributed by atoms with E-state index in [-0.39, 0.29) is 26.5 Å². The van der Waals surface area contributed by atoms with Gasteiger partial charge in [0, 0.05) is 35.9 Å². The normalized spacial score (nSPS) is 11.7. The second kappa shape index (κ2) is 6.91. The molecular weight excluding hydrogens is 365 g/mol. The van der Waals surface area contributed by atoms with Crippen molar-refractivity contribution < 1.29 is 18.0 Å². The SMILES string of the molecule is Cc1cc(C(F)(F)F)c2c(N)c(C(=O)NCCc3ccccn3)sc2n1. The Hall–Kier alpha value is -2.68. The van der Waals surface area contributed by atoms with E-state index in [1.807, 2.05) is 12.1 Å². The zero-order valence-corrected chi connectivity index (χ0v) is 14.5. The van der Waals surface area contributed by atoms with Crippen molar-refractivity contribution in [3.05, 3.63) is 52.3 Å². The molecule has 0 unspecified atom stereocenters. The highest BCUT2D eigenvalue weighted by Gasteiger charge is 2.35. The van der Waals surface area contributed by atoms with Crippen molar-refractivity contribution in [2.24, 2.45) is 0 Å². The maximum atomic E-state index is 13.3. The van der Waals surface area contributed by atoms with Gasteiger partial charge >= 0.3 is 6.18 Å². The molecule has 136 valence electrons. The number of hydrogen-bond acceptors (Lipinski definition) is 5. The highest BCUT2D eigenvalue weighted by Crippen LogP contribution is 2.42. The van der Waals surface area contributed by atoms with Crippen LogP contribution in [0.3, 0.4) is 0 Å². The standard InChI is InChI=1S/C17H15F3N4OS/c1-9-8-11(17(18,19)20)12-13(21)14(26-16(12)24-9)15(25)23-7-5-10-4-2-3-6-22-10/h2-4,6,8H,5,7,21H2,1H3,(H,23,25). The Balaban J connectivity index is 1.86. The Kier molecular flexibility index (Phi) is 4.82. The number of carbonyl (C=O) groups excluding carboxylic acids is 1. The number of nitrogens with one attached hydrogen (secondary N) is 1. The van der Waals surface area contributed by atoms with Gasteiger partial charge in [-0.15, -0.1) is 11.3 Å². The van der Waals surface area contributed by atoms with Crippen LogP contribution in [0.15, 0.2) is 30.5 Å². The second-order valence-electron chi connectivity index (χ2n) is 5.66. The van der Waals surface area contributed by atoms with Crippen molar-refractivity contribution in [1.82, 2.24) is 15.3 Å². The predicted molar refractivity (Wildman–Crippen MR) is 94.0 cm³/mol. The average molecular weight is 380 g/mol. The van der Waals surface area contributed by atoms with E-state index in [2.05, 4.69) is 15.3 Å². The first-order chi connectivity index (χ1) is 12.3. The number of alkyl halides is 3. The molecule has 0 fully saturated rings. The molecule has 0 aliphatic carbocycles. The molecule has 3 aromatic heterocycles. The Bertz CT molecular complexity index is 954. The molecular formula is C17H15F3N4OS. The topological polar surface area (TPSA) is 80.9 Å². The number of fused-ring (bicyclic) bond motifs is 1. The van der Waals surface area contributed by atoms with Crippen molar-refractivity contribution in [1.29, 1.82) is 0 Å². The number of hydrogen-bond donors (Lipinski definition) is 2. The molecule has 26 heavy (non-hydrogen) atoms. The Morgan fingerprint density at radius 3 is 2.77 bits per heavy atom. The molecule has 0 saturated carbocycles. The quantitative estimate of drug-likeness (QED) is 0.725. The smallest absolute Gasteiger partial charge is 0.397 e. The summed E-state index contributed by atoms with van der Waals surface area (Å²) < 4.78 is 39.9. The number of nitrogen functional groups attached to an aromatic ring is 1. The van der Waals surface area contributed by atoms with Gasteiger partial charge in [-0.3, -0.25) is 9.78 Å². The number of pyridine rings is 2. The van der Waals surface area contributed by atoms with E-state index in [0.29, 0.717) is 13.0 Å². The second-order valence-corrected chi connectivity index (χ2v) is 6.66. The molecule has 5 nitrogen and oxygen atoms in total. The fraction of sp³-hybridized carbons (Fsp3) is 0.235. The first-order valence-electron chi connectivity index (χ1n) is 7.72. The number of amides is 1. The van der Waals surface area contributed by atoms with E-state index < -0.39 is 17.6 Å². The fourth-order valence-corrected chi connectivity index (χ4v) is 3.65. The van der Waals surface area contributed by atoms with E-state index in [1.54, 1.807) is 12.3 Å². The third kappa shape index (κ3) is 3.62. The lowest BCUT2D eigenvalue weighted by Gasteiger charge is -2.09. The predicted octanol–water partition coefficient (Wildman–Crippen LogP) is 3.57. The molecule has 3 rings (SSSR count). The van der Waals surface area contributed by atoms with E-state index >= 15 is 0 Å². The lowest BCUT2D eigenvalue weighted by atomic mass is 10.1. The van der Waals surface area contributed by atoms with Crippen LogP contribution in [-0.4, -0.2) is 22.4 Å². The summed E-state index contributed by atoms with van der Waals surface area (Å²) in [5, 5.41) is 2.45. The monoisotopic (exact) mass is 380 g/mol. The molecule has 1 amide bonds. The van der Waals surface area contributed by atoms with E-state index in [1.165, 1.54) is 6.92 Å². The molecule has 0 bridgehead atoms. The number of nitrogens with two attached hydrogens (primary N) is 1. The third-order valence-electron chi connectivity index (χ3n) is 3.73. The maximum Gasteiger partial charge on any atom is 0.417 e. The highest BCUT2D eigenvalue weighted by molar-refractivity contribution is 7.21. The van der Waals surface area contributed by atoms with Crippen LogP contribution in [-0.2, 0) is 12.6 Å². The first kappa shape index (κ1) is 18.1. The summed E-state index contributed by atoms with van der Waals surface area (Å²) in [6, 6.07) is 6.38. The minimum absolute atomic E-state index is 0.0321. The molecule has 0 radical (unpaired) electrons. The summed E-state index contributed by atoms with van der Waals surface area (Å²) in [6.07, 6.45) is -2.43. The number of carbonyl (C=O) groups is 1. The van der Waals surface area contributed by atoms with Gasteiger partial charge < -0.3 is 11.1 Å². The van der Waals surface area contributed by atoms with Crippen LogP contribution in [0.5, 0.6) is 0 Å². The summed E-state index contributed by atoms with van der Waals surface area (Å²) in [7, 11) is 0. The molecule has 3 N–H and O–H groups in total. The van der Waals surface area contributed by atoms with Crippen LogP contribution in [0.2, 0.25) is 0 Å². The minimum atomic E-state index is -4.58. The van der Waals surface area contributed by atoms with Crippen LogP contribution in [0.4, 0.5) is 18.9 Å². The summed E-state index contributed by atoms with van der Waals surface area (Å²) in [4.78, 5) is 20.7. The highest BCUT2D eigenvalue weighted by atomic mass is 32.1. The third-order valence-corrected chi connectivity index (χ3v) is 4.83. The Morgan fingerprint density at radius 1 is 1.35 bits per heavy atom.